The number of carbonyl (C=O) groups excluding carboxylic acids is 1. The van der Waals surface area contributed by atoms with Crippen LogP contribution in [0.4, 0.5) is 27.8 Å². The summed E-state index contributed by atoms with van der Waals surface area (Å²) in [6.45, 7) is 8.18. The zero-order valence-corrected chi connectivity index (χ0v) is 19.6. The third-order valence-electron chi connectivity index (χ3n) is 5.02. The molecule has 0 bridgehead atoms. The van der Waals surface area contributed by atoms with Gasteiger partial charge in [0.05, 0.1) is 11.9 Å². The molecular weight excluding hydrogens is 434 g/mol. The number of nitrogen functional groups attached to an aromatic ring is 1. The molecule has 1 aromatic carbocycles. The molecule has 0 spiro atoms. The number of carbonyl (C=O) groups is 1. The monoisotopic (exact) mass is 463 g/mol. The van der Waals surface area contributed by atoms with E-state index in [1.165, 1.54) is 6.33 Å². The predicted molar refractivity (Wildman–Crippen MR) is 131 cm³/mol. The summed E-state index contributed by atoms with van der Waals surface area (Å²) in [6, 6.07) is 12.7. The van der Waals surface area contributed by atoms with Gasteiger partial charge in [0.25, 0.3) is 0 Å². The van der Waals surface area contributed by atoms with Crippen molar-refractivity contribution >= 4 is 29.1 Å². The van der Waals surface area contributed by atoms with E-state index in [0.717, 1.165) is 11.5 Å². The maximum absolute atomic E-state index is 12.3. The molecule has 0 aliphatic carbocycles. The van der Waals surface area contributed by atoms with Crippen LogP contribution in [0.25, 0.3) is 0 Å². The molecule has 1 saturated heterocycles. The number of pyridine rings is 1. The van der Waals surface area contributed by atoms with Gasteiger partial charge in [-0.2, -0.15) is 0 Å². The van der Waals surface area contributed by atoms with Crippen LogP contribution in [0.15, 0.2) is 55.0 Å². The molecule has 2 aromatic heterocycles. The molecule has 4 rings (SSSR count). The zero-order valence-electron chi connectivity index (χ0n) is 19.6. The van der Waals surface area contributed by atoms with Gasteiger partial charge in [-0.05, 0) is 57.2 Å². The predicted octanol–water partition coefficient (Wildman–Crippen LogP) is 4.05. The minimum absolute atomic E-state index is 0.274. The van der Waals surface area contributed by atoms with Gasteiger partial charge in [-0.3, -0.25) is 0 Å². The lowest BCUT2D eigenvalue weighted by Gasteiger charge is -2.36. The maximum atomic E-state index is 12.3. The van der Waals surface area contributed by atoms with Crippen molar-refractivity contribution in [1.82, 2.24) is 19.9 Å². The number of amides is 1. The number of rotatable bonds is 5. The number of nitrogens with zero attached hydrogens (tertiary/aromatic N) is 5. The van der Waals surface area contributed by atoms with Crippen molar-refractivity contribution in [2.75, 3.05) is 42.1 Å². The van der Waals surface area contributed by atoms with Crippen LogP contribution >= 0.6 is 0 Å². The molecule has 1 aliphatic heterocycles. The van der Waals surface area contributed by atoms with Crippen LogP contribution in [0, 0.1) is 0 Å². The summed E-state index contributed by atoms with van der Waals surface area (Å²) in [7, 11) is 0. The number of nitrogens with one attached hydrogen (secondary N) is 1. The molecule has 3 aromatic rings. The molecule has 0 unspecified atom stereocenters. The Kier molecular flexibility index (Phi) is 6.67. The number of ether oxygens (including phenoxy) is 2. The fourth-order valence-electron chi connectivity index (χ4n) is 3.36. The van der Waals surface area contributed by atoms with Crippen LogP contribution in [0.1, 0.15) is 20.8 Å². The molecule has 1 fully saturated rings. The molecule has 10 heteroatoms. The van der Waals surface area contributed by atoms with Gasteiger partial charge in [0.15, 0.2) is 0 Å². The number of piperazine rings is 1. The van der Waals surface area contributed by atoms with Gasteiger partial charge in [-0.15, -0.1) is 0 Å². The molecular formula is C24H29N7O3. The van der Waals surface area contributed by atoms with Gasteiger partial charge in [-0.25, -0.2) is 19.7 Å². The second-order valence-corrected chi connectivity index (χ2v) is 8.90. The zero-order chi connectivity index (χ0) is 24.1. The van der Waals surface area contributed by atoms with E-state index in [-0.39, 0.29) is 6.09 Å². The Balaban J connectivity index is 1.32. The quantitative estimate of drug-likeness (QED) is 0.540. The van der Waals surface area contributed by atoms with E-state index in [9.17, 15) is 4.79 Å². The lowest BCUT2D eigenvalue weighted by molar-refractivity contribution is 0.0240. The number of hydrogen-bond acceptors (Lipinski definition) is 9. The molecule has 0 saturated carbocycles. The molecule has 178 valence electrons. The highest BCUT2D eigenvalue weighted by Gasteiger charge is 2.26. The highest BCUT2D eigenvalue weighted by Crippen LogP contribution is 2.24. The Morgan fingerprint density at radius 2 is 1.74 bits per heavy atom. The van der Waals surface area contributed by atoms with E-state index in [2.05, 4.69) is 25.2 Å². The number of aromatic nitrogens is 3. The molecule has 0 atom stereocenters. The SMILES string of the molecule is CC(C)(C)OC(=O)N1CCN(c2ccc(Nc3cc(Oc4ccc(N)cc4)ncn3)cn2)CC1. The molecule has 1 aliphatic rings. The second-order valence-electron chi connectivity index (χ2n) is 8.90. The third-order valence-corrected chi connectivity index (χ3v) is 5.02. The first-order valence-electron chi connectivity index (χ1n) is 11.1. The molecule has 34 heavy (non-hydrogen) atoms. The molecule has 3 N–H and O–H groups in total. The standard InChI is InChI=1S/C24H29N7O3/c1-24(2,3)34-23(32)31-12-10-30(11-13-31)21-9-6-18(15-26-21)29-20-14-22(28-16-27-20)33-19-7-4-17(25)5-8-19/h4-9,14-16H,10-13,25H2,1-3H3,(H,27,28,29). The lowest BCUT2D eigenvalue weighted by Crippen LogP contribution is -2.50. The van der Waals surface area contributed by atoms with Crippen molar-refractivity contribution in [2.24, 2.45) is 0 Å². The summed E-state index contributed by atoms with van der Waals surface area (Å²) < 4.78 is 11.2. The van der Waals surface area contributed by atoms with Crippen LogP contribution in [0.5, 0.6) is 11.6 Å². The van der Waals surface area contributed by atoms with Gasteiger partial charge in [0, 0.05) is 37.9 Å². The number of nitrogens with two attached hydrogens (primary N) is 1. The topological polar surface area (TPSA) is 119 Å². The summed E-state index contributed by atoms with van der Waals surface area (Å²) in [6.07, 6.45) is 2.91. The van der Waals surface area contributed by atoms with Crippen molar-refractivity contribution in [2.45, 2.75) is 26.4 Å². The summed E-state index contributed by atoms with van der Waals surface area (Å²) in [5.74, 6) is 2.48. The van der Waals surface area contributed by atoms with Gasteiger partial charge in [-0.1, -0.05) is 0 Å². The lowest BCUT2D eigenvalue weighted by atomic mass is 10.2. The van der Waals surface area contributed by atoms with E-state index in [1.807, 2.05) is 32.9 Å². The first kappa shape index (κ1) is 23.1. The van der Waals surface area contributed by atoms with E-state index < -0.39 is 5.60 Å². The smallest absolute Gasteiger partial charge is 0.410 e. The van der Waals surface area contributed by atoms with E-state index in [1.54, 1.807) is 41.4 Å². The largest absolute Gasteiger partial charge is 0.444 e. The molecule has 3 heterocycles. The van der Waals surface area contributed by atoms with Crippen molar-refractivity contribution in [3.63, 3.8) is 0 Å². The van der Waals surface area contributed by atoms with E-state index in [0.29, 0.717) is 49.3 Å². The van der Waals surface area contributed by atoms with Crippen molar-refractivity contribution in [3.05, 3.63) is 55.0 Å². The summed E-state index contributed by atoms with van der Waals surface area (Å²) in [5.41, 5.74) is 6.66. The first-order chi connectivity index (χ1) is 16.2. The normalized spacial score (nSPS) is 14.0. The third kappa shape index (κ3) is 6.25. The highest BCUT2D eigenvalue weighted by molar-refractivity contribution is 5.68. The van der Waals surface area contributed by atoms with Crippen LogP contribution in [-0.4, -0.2) is 57.7 Å². The Labute approximate surface area is 198 Å². The van der Waals surface area contributed by atoms with Gasteiger partial charge < -0.3 is 30.3 Å². The van der Waals surface area contributed by atoms with Crippen molar-refractivity contribution in [1.29, 1.82) is 0 Å². The molecule has 1 amide bonds. The van der Waals surface area contributed by atoms with Crippen LogP contribution < -0.4 is 20.7 Å². The average Bonchev–Trinajstić information content (AvgIpc) is 2.80. The van der Waals surface area contributed by atoms with Gasteiger partial charge >= 0.3 is 6.09 Å². The number of hydrogen-bond donors (Lipinski definition) is 2. The van der Waals surface area contributed by atoms with Gasteiger partial charge in [0.1, 0.15) is 29.3 Å². The molecule has 10 nitrogen and oxygen atoms in total. The van der Waals surface area contributed by atoms with Gasteiger partial charge in [0.2, 0.25) is 5.88 Å². The van der Waals surface area contributed by atoms with E-state index >= 15 is 0 Å². The summed E-state index contributed by atoms with van der Waals surface area (Å²) in [5, 5.41) is 3.21. The van der Waals surface area contributed by atoms with Crippen LogP contribution in [-0.2, 0) is 4.74 Å². The van der Waals surface area contributed by atoms with Crippen molar-refractivity contribution in [3.8, 4) is 11.6 Å². The summed E-state index contributed by atoms with van der Waals surface area (Å²) >= 11 is 0. The fraction of sp³-hybridized carbons (Fsp3) is 0.333. The van der Waals surface area contributed by atoms with Crippen LogP contribution in [0.2, 0.25) is 0 Å². The van der Waals surface area contributed by atoms with Crippen LogP contribution in [0.3, 0.4) is 0 Å². The first-order valence-corrected chi connectivity index (χ1v) is 11.1. The van der Waals surface area contributed by atoms with E-state index in [4.69, 9.17) is 15.2 Å². The summed E-state index contributed by atoms with van der Waals surface area (Å²) in [4.78, 5) is 29.1. The Morgan fingerprint density at radius 3 is 2.38 bits per heavy atom. The minimum atomic E-state index is -0.495. The average molecular weight is 464 g/mol. The Morgan fingerprint density at radius 1 is 1.00 bits per heavy atom. The minimum Gasteiger partial charge on any atom is -0.444 e. The van der Waals surface area contributed by atoms with Crippen molar-refractivity contribution < 1.29 is 14.3 Å². The number of benzene rings is 1. The molecule has 0 radical (unpaired) electrons. The Hall–Kier alpha value is -4.08. The highest BCUT2D eigenvalue weighted by atomic mass is 16.6. The second kappa shape index (κ2) is 9.82. The Bertz CT molecular complexity index is 1110. The maximum Gasteiger partial charge on any atom is 0.410 e. The fourth-order valence-corrected chi connectivity index (χ4v) is 3.36. The number of anilines is 4.